The van der Waals surface area contributed by atoms with E-state index >= 15 is 0 Å². The van der Waals surface area contributed by atoms with Crippen LogP contribution in [0.25, 0.3) is 16.9 Å². The normalized spacial score (nSPS) is 16.4. The molecule has 1 aromatic heterocycles. The van der Waals surface area contributed by atoms with E-state index < -0.39 is 0 Å². The molecule has 8 heteroatoms. The van der Waals surface area contributed by atoms with Gasteiger partial charge in [-0.15, -0.1) is 0 Å². The fourth-order valence-electron chi connectivity index (χ4n) is 5.36. The van der Waals surface area contributed by atoms with Crippen molar-refractivity contribution in [3.05, 3.63) is 65.9 Å². The summed E-state index contributed by atoms with van der Waals surface area (Å²) < 4.78 is 7.37. The number of nitrogens with one attached hydrogen (secondary N) is 1. The van der Waals surface area contributed by atoms with E-state index in [0.29, 0.717) is 25.7 Å². The van der Waals surface area contributed by atoms with Gasteiger partial charge in [-0.1, -0.05) is 60.4 Å². The minimum absolute atomic E-state index is 0.0142. The van der Waals surface area contributed by atoms with Crippen LogP contribution in [0.2, 0.25) is 0 Å². The molecule has 5 rings (SSSR count). The summed E-state index contributed by atoms with van der Waals surface area (Å²) in [4.78, 5) is 35.7. The Labute approximate surface area is 231 Å². The lowest BCUT2D eigenvalue weighted by Gasteiger charge is -2.31. The van der Waals surface area contributed by atoms with Crippen LogP contribution in [-0.2, 0) is 14.3 Å². The third-order valence-corrected chi connectivity index (χ3v) is 7.76. The largest absolute Gasteiger partial charge is 0.379 e. The van der Waals surface area contributed by atoms with Crippen LogP contribution < -0.4 is 5.32 Å². The SMILES string of the molecule is Cc1ccc(-c2cn(-c3ccc(C)cc3)c(NC(=O)CN(CCN3CCOCC3)C(=O)C3CCCC3)n2)cc1. The maximum atomic E-state index is 13.4. The molecule has 0 spiro atoms. The lowest BCUT2D eigenvalue weighted by atomic mass is 10.1. The Morgan fingerprint density at radius 3 is 2.28 bits per heavy atom. The monoisotopic (exact) mass is 529 g/mol. The van der Waals surface area contributed by atoms with Crippen LogP contribution >= 0.6 is 0 Å². The van der Waals surface area contributed by atoms with E-state index in [4.69, 9.17) is 9.72 Å². The van der Waals surface area contributed by atoms with Gasteiger partial charge in [-0.25, -0.2) is 4.98 Å². The van der Waals surface area contributed by atoms with Gasteiger partial charge < -0.3 is 9.64 Å². The van der Waals surface area contributed by atoms with E-state index in [1.807, 2.05) is 54.1 Å². The molecule has 3 aromatic rings. The molecule has 39 heavy (non-hydrogen) atoms. The third kappa shape index (κ3) is 6.94. The molecule has 2 fully saturated rings. The van der Waals surface area contributed by atoms with Gasteiger partial charge in [-0.3, -0.25) is 24.4 Å². The number of anilines is 1. The summed E-state index contributed by atoms with van der Waals surface area (Å²) in [7, 11) is 0. The van der Waals surface area contributed by atoms with E-state index in [1.165, 1.54) is 5.56 Å². The van der Waals surface area contributed by atoms with Gasteiger partial charge in [0.15, 0.2) is 0 Å². The molecule has 2 heterocycles. The Hall–Kier alpha value is -3.49. The number of carbonyl (C=O) groups is 2. The van der Waals surface area contributed by atoms with Crippen molar-refractivity contribution in [3.63, 3.8) is 0 Å². The van der Waals surface area contributed by atoms with Gasteiger partial charge in [-0.05, 0) is 38.8 Å². The second-order valence-electron chi connectivity index (χ2n) is 10.8. The highest BCUT2D eigenvalue weighted by atomic mass is 16.5. The first-order chi connectivity index (χ1) is 19.0. The number of benzene rings is 2. The van der Waals surface area contributed by atoms with E-state index in [-0.39, 0.29) is 24.3 Å². The molecule has 1 N–H and O–H groups in total. The summed E-state index contributed by atoms with van der Waals surface area (Å²) in [6, 6.07) is 16.3. The van der Waals surface area contributed by atoms with Gasteiger partial charge in [0.05, 0.1) is 25.5 Å². The number of aryl methyl sites for hydroxylation is 2. The average molecular weight is 530 g/mol. The summed E-state index contributed by atoms with van der Waals surface area (Å²) in [5.41, 5.74) is 4.99. The second kappa shape index (κ2) is 12.6. The highest BCUT2D eigenvalue weighted by Crippen LogP contribution is 2.27. The number of hydrogen-bond acceptors (Lipinski definition) is 5. The summed E-state index contributed by atoms with van der Waals surface area (Å²) >= 11 is 0. The quantitative estimate of drug-likeness (QED) is 0.443. The maximum Gasteiger partial charge on any atom is 0.246 e. The number of ether oxygens (including phenoxy) is 1. The molecule has 1 aliphatic carbocycles. The van der Waals surface area contributed by atoms with Crippen LogP contribution in [0.3, 0.4) is 0 Å². The smallest absolute Gasteiger partial charge is 0.246 e. The molecule has 0 bridgehead atoms. The molecular weight excluding hydrogens is 490 g/mol. The third-order valence-electron chi connectivity index (χ3n) is 7.76. The van der Waals surface area contributed by atoms with Gasteiger partial charge in [0.1, 0.15) is 0 Å². The van der Waals surface area contributed by atoms with Crippen LogP contribution in [0, 0.1) is 19.8 Å². The molecule has 8 nitrogen and oxygen atoms in total. The van der Waals surface area contributed by atoms with Crippen LogP contribution in [0.5, 0.6) is 0 Å². The Morgan fingerprint density at radius 1 is 0.974 bits per heavy atom. The number of rotatable bonds is 9. The van der Waals surface area contributed by atoms with E-state index in [0.717, 1.165) is 67.8 Å². The second-order valence-corrected chi connectivity index (χ2v) is 10.8. The molecular formula is C31H39N5O3. The zero-order chi connectivity index (χ0) is 27.2. The standard InChI is InChI=1S/C31H39N5O3/c1-23-7-11-25(12-8-23)28-21-36(27-13-9-24(2)10-14-27)31(32-28)33-29(37)22-35(30(38)26-5-3-4-6-26)16-15-34-17-19-39-20-18-34/h7-14,21,26H,3-6,15-20,22H2,1-2H3,(H,32,33,37). The molecule has 1 saturated carbocycles. The van der Waals surface area contributed by atoms with Crippen LogP contribution in [0.15, 0.2) is 54.7 Å². The summed E-state index contributed by atoms with van der Waals surface area (Å²) in [5.74, 6) is 0.321. The molecule has 1 aliphatic heterocycles. The number of imidazole rings is 1. The molecule has 2 amide bonds. The fourth-order valence-corrected chi connectivity index (χ4v) is 5.36. The van der Waals surface area contributed by atoms with Crippen molar-refractivity contribution in [3.8, 4) is 16.9 Å². The predicted molar refractivity (Wildman–Crippen MR) is 153 cm³/mol. The number of nitrogens with zero attached hydrogens (tertiary/aromatic N) is 4. The van der Waals surface area contributed by atoms with Crippen molar-refractivity contribution < 1.29 is 14.3 Å². The Morgan fingerprint density at radius 2 is 1.62 bits per heavy atom. The summed E-state index contributed by atoms with van der Waals surface area (Å²) in [6.45, 7) is 8.52. The molecule has 2 aliphatic rings. The predicted octanol–water partition coefficient (Wildman–Crippen LogP) is 4.45. The Balaban J connectivity index is 1.35. The van der Waals surface area contributed by atoms with Gasteiger partial charge in [0.25, 0.3) is 0 Å². The first kappa shape index (κ1) is 27.1. The van der Waals surface area contributed by atoms with Gasteiger partial charge in [-0.2, -0.15) is 0 Å². The topological polar surface area (TPSA) is 79.7 Å². The van der Waals surface area contributed by atoms with Gasteiger partial charge in [0.2, 0.25) is 17.8 Å². The summed E-state index contributed by atoms with van der Waals surface area (Å²) in [5, 5.41) is 3.02. The molecule has 0 unspecified atom stereocenters. The van der Waals surface area contributed by atoms with Crippen LogP contribution in [0.1, 0.15) is 36.8 Å². The average Bonchev–Trinajstić information content (AvgIpc) is 3.63. The van der Waals surface area contributed by atoms with E-state index in [1.54, 1.807) is 4.90 Å². The minimum atomic E-state index is -0.238. The number of aromatic nitrogens is 2. The van der Waals surface area contributed by atoms with Crippen molar-refractivity contribution in [2.75, 3.05) is 51.3 Å². The van der Waals surface area contributed by atoms with Crippen molar-refractivity contribution in [1.82, 2.24) is 19.4 Å². The van der Waals surface area contributed by atoms with Gasteiger partial charge >= 0.3 is 0 Å². The lowest BCUT2D eigenvalue weighted by Crippen LogP contribution is -2.46. The number of hydrogen-bond donors (Lipinski definition) is 1. The molecule has 1 saturated heterocycles. The van der Waals surface area contributed by atoms with E-state index in [9.17, 15) is 9.59 Å². The molecule has 0 atom stereocenters. The minimum Gasteiger partial charge on any atom is -0.379 e. The highest BCUT2D eigenvalue weighted by molar-refractivity contribution is 5.94. The van der Waals surface area contributed by atoms with Crippen molar-refractivity contribution >= 4 is 17.8 Å². The van der Waals surface area contributed by atoms with Crippen LogP contribution in [-0.4, -0.2) is 77.1 Å². The van der Waals surface area contributed by atoms with E-state index in [2.05, 4.69) is 29.3 Å². The first-order valence-corrected chi connectivity index (χ1v) is 14.1. The van der Waals surface area contributed by atoms with Crippen molar-refractivity contribution in [2.24, 2.45) is 5.92 Å². The fraction of sp³-hybridized carbons (Fsp3) is 0.452. The Bertz CT molecular complexity index is 1260. The highest BCUT2D eigenvalue weighted by Gasteiger charge is 2.29. The van der Waals surface area contributed by atoms with Gasteiger partial charge in [0, 0.05) is 49.5 Å². The summed E-state index contributed by atoms with van der Waals surface area (Å²) in [6.07, 6.45) is 5.93. The number of morpholine rings is 1. The molecule has 0 radical (unpaired) electrons. The molecule has 2 aromatic carbocycles. The molecule has 206 valence electrons. The zero-order valence-electron chi connectivity index (χ0n) is 23.1. The van der Waals surface area contributed by atoms with Crippen molar-refractivity contribution in [1.29, 1.82) is 0 Å². The van der Waals surface area contributed by atoms with Crippen LogP contribution in [0.4, 0.5) is 5.95 Å². The van der Waals surface area contributed by atoms with Crippen molar-refractivity contribution in [2.45, 2.75) is 39.5 Å². The Kier molecular flexibility index (Phi) is 8.74. The zero-order valence-corrected chi connectivity index (χ0v) is 23.1. The maximum absolute atomic E-state index is 13.4. The number of carbonyl (C=O) groups excluding carboxylic acids is 2. The first-order valence-electron chi connectivity index (χ1n) is 14.1. The number of amides is 2. The lowest BCUT2D eigenvalue weighted by molar-refractivity contribution is -0.138.